The zero-order valence-corrected chi connectivity index (χ0v) is 10.6. The van der Waals surface area contributed by atoms with Crippen LogP contribution in [0, 0.1) is 3.70 Å². The van der Waals surface area contributed by atoms with Gasteiger partial charge in [0.05, 0.1) is 12.8 Å². The number of halogens is 1. The van der Waals surface area contributed by atoms with Gasteiger partial charge >= 0.3 is 6.09 Å². The van der Waals surface area contributed by atoms with Gasteiger partial charge in [0, 0.05) is 0 Å². The third kappa shape index (κ3) is 2.40. The van der Waals surface area contributed by atoms with Crippen molar-refractivity contribution in [1.29, 1.82) is 0 Å². The van der Waals surface area contributed by atoms with Gasteiger partial charge in [0.25, 0.3) is 0 Å². The molecule has 0 spiro atoms. The van der Waals surface area contributed by atoms with Crippen molar-refractivity contribution in [2.45, 2.75) is 6.92 Å². The average Bonchev–Trinajstić information content (AvgIpc) is 2.59. The quantitative estimate of drug-likeness (QED) is 0.853. The number of aromatic nitrogens is 3. The first kappa shape index (κ1) is 11.1. The molecule has 2 heterocycles. The molecule has 0 saturated carbocycles. The van der Waals surface area contributed by atoms with E-state index < -0.39 is 6.09 Å². The third-order valence-electron chi connectivity index (χ3n) is 1.79. The van der Waals surface area contributed by atoms with Crippen molar-refractivity contribution in [1.82, 2.24) is 14.6 Å². The molecule has 0 atom stereocenters. The lowest BCUT2D eigenvalue weighted by Gasteiger charge is -1.99. The van der Waals surface area contributed by atoms with E-state index in [2.05, 4.69) is 38.0 Å². The predicted molar refractivity (Wildman–Crippen MR) is 66.3 cm³/mol. The highest BCUT2D eigenvalue weighted by Gasteiger charge is 2.06. The Bertz CT molecular complexity index is 525. The number of ether oxygens (including phenoxy) is 1. The first-order valence-corrected chi connectivity index (χ1v) is 5.72. The SMILES string of the molecule is CCOC(=O)Nc1cn2nc(I)ccc2n1. The number of carbonyl (C=O) groups excluding carboxylic acids is 1. The van der Waals surface area contributed by atoms with E-state index >= 15 is 0 Å². The van der Waals surface area contributed by atoms with Gasteiger partial charge in [-0.15, -0.1) is 0 Å². The van der Waals surface area contributed by atoms with Crippen molar-refractivity contribution in [3.63, 3.8) is 0 Å². The van der Waals surface area contributed by atoms with Crippen LogP contribution in [0.25, 0.3) is 5.65 Å². The van der Waals surface area contributed by atoms with Crippen molar-refractivity contribution in [2.24, 2.45) is 0 Å². The van der Waals surface area contributed by atoms with E-state index in [4.69, 9.17) is 4.74 Å². The zero-order valence-electron chi connectivity index (χ0n) is 8.48. The summed E-state index contributed by atoms with van der Waals surface area (Å²) in [6, 6.07) is 3.67. The van der Waals surface area contributed by atoms with Crippen LogP contribution in [0.5, 0.6) is 0 Å². The second-order valence-corrected chi connectivity index (χ2v) is 4.04. The second kappa shape index (κ2) is 4.64. The fourth-order valence-corrected chi connectivity index (χ4v) is 1.60. The molecule has 16 heavy (non-hydrogen) atoms. The van der Waals surface area contributed by atoms with Crippen LogP contribution in [0.4, 0.5) is 10.6 Å². The summed E-state index contributed by atoms with van der Waals surface area (Å²) in [5.74, 6) is 0.424. The Hall–Kier alpha value is -1.38. The molecule has 0 aliphatic carbocycles. The lowest BCUT2D eigenvalue weighted by Crippen LogP contribution is -2.13. The van der Waals surface area contributed by atoms with E-state index in [1.807, 2.05) is 12.1 Å². The second-order valence-electron chi connectivity index (χ2n) is 2.93. The topological polar surface area (TPSA) is 68.5 Å². The molecule has 0 unspecified atom stereocenters. The Morgan fingerprint density at radius 1 is 1.62 bits per heavy atom. The number of amides is 1. The minimum Gasteiger partial charge on any atom is -0.450 e. The Morgan fingerprint density at radius 2 is 2.44 bits per heavy atom. The lowest BCUT2D eigenvalue weighted by molar-refractivity contribution is 0.168. The van der Waals surface area contributed by atoms with Gasteiger partial charge in [0.2, 0.25) is 0 Å². The number of hydrogen-bond donors (Lipinski definition) is 1. The van der Waals surface area contributed by atoms with Gasteiger partial charge in [-0.3, -0.25) is 5.32 Å². The Labute approximate surface area is 105 Å². The molecule has 0 aromatic carbocycles. The highest BCUT2D eigenvalue weighted by molar-refractivity contribution is 14.1. The van der Waals surface area contributed by atoms with Gasteiger partial charge in [-0.25, -0.2) is 14.3 Å². The molecule has 0 saturated heterocycles. The van der Waals surface area contributed by atoms with Crippen LogP contribution in [0.15, 0.2) is 18.3 Å². The van der Waals surface area contributed by atoms with Crippen LogP contribution in [0.1, 0.15) is 6.92 Å². The number of nitrogens with zero attached hydrogens (tertiary/aromatic N) is 3. The number of rotatable bonds is 2. The molecule has 2 rings (SSSR count). The smallest absolute Gasteiger partial charge is 0.412 e. The molecule has 0 aliphatic heterocycles. The predicted octanol–water partition coefficient (Wildman–Crippen LogP) is 1.90. The summed E-state index contributed by atoms with van der Waals surface area (Å²) in [5, 5.41) is 6.71. The summed E-state index contributed by atoms with van der Waals surface area (Å²) >= 11 is 2.10. The number of hydrogen-bond acceptors (Lipinski definition) is 4. The number of fused-ring (bicyclic) bond motifs is 1. The number of nitrogens with one attached hydrogen (secondary N) is 1. The maximum atomic E-state index is 11.2. The summed E-state index contributed by atoms with van der Waals surface area (Å²) in [7, 11) is 0. The maximum absolute atomic E-state index is 11.2. The molecule has 84 valence electrons. The van der Waals surface area contributed by atoms with Gasteiger partial charge in [0.15, 0.2) is 11.5 Å². The van der Waals surface area contributed by atoms with E-state index in [0.29, 0.717) is 18.1 Å². The molecule has 0 aliphatic rings. The zero-order chi connectivity index (χ0) is 11.5. The molecule has 7 heteroatoms. The minimum atomic E-state index is -0.513. The third-order valence-corrected chi connectivity index (χ3v) is 2.37. The monoisotopic (exact) mass is 332 g/mol. The summed E-state index contributed by atoms with van der Waals surface area (Å²) in [6.45, 7) is 2.07. The van der Waals surface area contributed by atoms with E-state index in [0.717, 1.165) is 3.70 Å². The van der Waals surface area contributed by atoms with Gasteiger partial charge in [-0.2, -0.15) is 5.10 Å². The van der Waals surface area contributed by atoms with Crippen molar-refractivity contribution in [2.75, 3.05) is 11.9 Å². The minimum absolute atomic E-state index is 0.329. The Kier molecular flexibility index (Phi) is 3.22. The molecule has 1 amide bonds. The first-order chi connectivity index (χ1) is 7.69. The van der Waals surface area contributed by atoms with E-state index in [1.165, 1.54) is 0 Å². The Morgan fingerprint density at radius 3 is 3.19 bits per heavy atom. The van der Waals surface area contributed by atoms with Crippen molar-refractivity contribution in [3.8, 4) is 0 Å². The van der Waals surface area contributed by atoms with Gasteiger partial charge in [-0.1, -0.05) is 0 Å². The van der Waals surface area contributed by atoms with E-state index in [-0.39, 0.29) is 0 Å². The van der Waals surface area contributed by atoms with Crippen LogP contribution in [0.2, 0.25) is 0 Å². The van der Waals surface area contributed by atoms with Gasteiger partial charge in [0.1, 0.15) is 3.70 Å². The van der Waals surface area contributed by atoms with Gasteiger partial charge in [-0.05, 0) is 41.6 Å². The van der Waals surface area contributed by atoms with Crippen LogP contribution in [0.3, 0.4) is 0 Å². The molecule has 2 aromatic heterocycles. The standard InChI is InChI=1S/C9H9IN4O2/c1-2-16-9(15)12-7-5-14-8(11-7)4-3-6(10)13-14/h3-5H,2H2,1H3,(H,12,15). The average molecular weight is 332 g/mol. The van der Waals surface area contributed by atoms with Crippen LogP contribution >= 0.6 is 22.6 Å². The number of anilines is 1. The summed E-state index contributed by atoms with van der Waals surface area (Å²) in [5.41, 5.74) is 0.673. The molecule has 0 radical (unpaired) electrons. The van der Waals surface area contributed by atoms with Crippen LogP contribution < -0.4 is 5.32 Å². The Balaban J connectivity index is 2.23. The van der Waals surface area contributed by atoms with Crippen molar-refractivity contribution >= 4 is 40.1 Å². The molecule has 6 nitrogen and oxygen atoms in total. The molecule has 0 bridgehead atoms. The normalized spacial score (nSPS) is 10.4. The highest BCUT2D eigenvalue weighted by atomic mass is 127. The van der Waals surface area contributed by atoms with E-state index in [1.54, 1.807) is 17.6 Å². The maximum Gasteiger partial charge on any atom is 0.412 e. The molecular formula is C9H9IN4O2. The largest absolute Gasteiger partial charge is 0.450 e. The molecule has 0 fully saturated rings. The summed E-state index contributed by atoms with van der Waals surface area (Å²) in [6.07, 6.45) is 1.12. The van der Waals surface area contributed by atoms with Crippen LogP contribution in [-0.2, 0) is 4.74 Å². The van der Waals surface area contributed by atoms with Gasteiger partial charge < -0.3 is 4.74 Å². The van der Waals surface area contributed by atoms with E-state index in [9.17, 15) is 4.79 Å². The number of carbonyl (C=O) groups is 1. The van der Waals surface area contributed by atoms with Crippen molar-refractivity contribution in [3.05, 3.63) is 22.0 Å². The lowest BCUT2D eigenvalue weighted by atomic mass is 10.6. The summed E-state index contributed by atoms with van der Waals surface area (Å²) in [4.78, 5) is 15.3. The first-order valence-electron chi connectivity index (χ1n) is 4.64. The number of imidazole rings is 1. The fourth-order valence-electron chi connectivity index (χ4n) is 1.19. The molecular weight excluding hydrogens is 323 g/mol. The summed E-state index contributed by atoms with van der Waals surface area (Å²) < 4.78 is 7.20. The van der Waals surface area contributed by atoms with Crippen LogP contribution in [-0.4, -0.2) is 27.3 Å². The molecule has 2 aromatic rings. The highest BCUT2D eigenvalue weighted by Crippen LogP contribution is 2.10. The molecule has 1 N–H and O–H groups in total. The van der Waals surface area contributed by atoms with Crippen molar-refractivity contribution < 1.29 is 9.53 Å². The fraction of sp³-hybridized carbons (Fsp3) is 0.222.